The van der Waals surface area contributed by atoms with E-state index in [-0.39, 0.29) is 5.91 Å². The van der Waals surface area contributed by atoms with Crippen LogP contribution in [0.25, 0.3) is 0 Å². The van der Waals surface area contributed by atoms with Gasteiger partial charge in [0, 0.05) is 13.1 Å². The monoisotopic (exact) mass is 298 g/mol. The van der Waals surface area contributed by atoms with Crippen molar-refractivity contribution in [3.8, 4) is 0 Å². The molecule has 0 saturated heterocycles. The number of likely N-dealkylation sites (N-methyl/N-ethyl adjacent to an activating group) is 1. The summed E-state index contributed by atoms with van der Waals surface area (Å²) >= 11 is 0. The van der Waals surface area contributed by atoms with Crippen LogP contribution in [0.3, 0.4) is 0 Å². The molecule has 0 spiro atoms. The van der Waals surface area contributed by atoms with Gasteiger partial charge in [-0.1, -0.05) is 18.2 Å². The molecule has 0 bridgehead atoms. The number of anilines is 1. The first kappa shape index (κ1) is 16.5. The highest BCUT2D eigenvalue weighted by atomic mass is 32.2. The van der Waals surface area contributed by atoms with Gasteiger partial charge < -0.3 is 4.90 Å². The fourth-order valence-electron chi connectivity index (χ4n) is 2.18. The summed E-state index contributed by atoms with van der Waals surface area (Å²) in [4.78, 5) is 14.0. The molecule has 1 atom stereocenters. The number of para-hydroxylation sites is 1. The summed E-state index contributed by atoms with van der Waals surface area (Å²) in [5.74, 6) is -0.190. The highest BCUT2D eigenvalue weighted by Crippen LogP contribution is 2.21. The molecular weight excluding hydrogens is 276 g/mol. The molecule has 20 heavy (non-hydrogen) atoms. The predicted octanol–water partition coefficient (Wildman–Crippen LogP) is 1.71. The number of amides is 1. The van der Waals surface area contributed by atoms with E-state index in [4.69, 9.17) is 0 Å². The topological polar surface area (TPSA) is 57.7 Å². The molecule has 1 aromatic carbocycles. The summed E-state index contributed by atoms with van der Waals surface area (Å²) in [6, 6.07) is 7.93. The zero-order valence-electron chi connectivity index (χ0n) is 12.4. The van der Waals surface area contributed by atoms with Crippen molar-refractivity contribution in [2.45, 2.75) is 26.8 Å². The van der Waals surface area contributed by atoms with Crippen molar-refractivity contribution in [3.05, 3.63) is 30.3 Å². The van der Waals surface area contributed by atoms with Gasteiger partial charge in [0.15, 0.2) is 0 Å². The standard InChI is InChI=1S/C14H22N2O3S/c1-5-15(6-2)14(17)12(3)16(20(4,18)19)13-10-8-7-9-11-13/h7-12H,5-6H2,1-4H3. The van der Waals surface area contributed by atoms with E-state index in [2.05, 4.69) is 0 Å². The molecule has 0 fully saturated rings. The lowest BCUT2D eigenvalue weighted by Crippen LogP contribution is -2.49. The molecule has 6 heteroatoms. The Bertz CT molecular complexity index is 539. The fraction of sp³-hybridized carbons (Fsp3) is 0.500. The van der Waals surface area contributed by atoms with Gasteiger partial charge in [-0.25, -0.2) is 8.42 Å². The van der Waals surface area contributed by atoms with Crippen LogP contribution in [0.15, 0.2) is 30.3 Å². The van der Waals surface area contributed by atoms with E-state index < -0.39 is 16.1 Å². The first-order valence-electron chi connectivity index (χ1n) is 6.66. The van der Waals surface area contributed by atoms with Crippen LogP contribution in [0, 0.1) is 0 Å². The molecule has 0 aliphatic heterocycles. The number of nitrogens with zero attached hydrogens (tertiary/aromatic N) is 2. The average molecular weight is 298 g/mol. The van der Waals surface area contributed by atoms with Crippen LogP contribution in [0.4, 0.5) is 5.69 Å². The molecule has 5 nitrogen and oxygen atoms in total. The third kappa shape index (κ3) is 3.72. The molecule has 1 amide bonds. The van der Waals surface area contributed by atoms with Gasteiger partial charge in [0.05, 0.1) is 11.9 Å². The molecule has 1 rings (SSSR count). The van der Waals surface area contributed by atoms with Gasteiger partial charge in [-0.05, 0) is 32.9 Å². The Hall–Kier alpha value is -1.56. The second kappa shape index (κ2) is 6.74. The molecule has 0 heterocycles. The normalized spacial score (nSPS) is 12.8. The summed E-state index contributed by atoms with van der Waals surface area (Å²) in [5, 5.41) is 0. The second-order valence-electron chi connectivity index (χ2n) is 4.58. The van der Waals surface area contributed by atoms with Gasteiger partial charge in [0.1, 0.15) is 6.04 Å². The quantitative estimate of drug-likeness (QED) is 0.803. The maximum atomic E-state index is 12.4. The maximum Gasteiger partial charge on any atom is 0.246 e. The third-order valence-corrected chi connectivity index (χ3v) is 4.39. The van der Waals surface area contributed by atoms with Crippen molar-refractivity contribution in [1.82, 2.24) is 4.90 Å². The Balaban J connectivity index is 3.17. The number of carbonyl (C=O) groups is 1. The van der Waals surface area contributed by atoms with Crippen LogP contribution >= 0.6 is 0 Å². The van der Waals surface area contributed by atoms with Crippen molar-refractivity contribution in [2.75, 3.05) is 23.7 Å². The van der Waals surface area contributed by atoms with Crippen LogP contribution in [0.1, 0.15) is 20.8 Å². The minimum Gasteiger partial charge on any atom is -0.341 e. The predicted molar refractivity (Wildman–Crippen MR) is 81.2 cm³/mol. The Kier molecular flexibility index (Phi) is 5.56. The van der Waals surface area contributed by atoms with Gasteiger partial charge in [-0.2, -0.15) is 0 Å². The van der Waals surface area contributed by atoms with Gasteiger partial charge in [0.25, 0.3) is 0 Å². The Morgan fingerprint density at radius 3 is 2.05 bits per heavy atom. The van der Waals surface area contributed by atoms with Gasteiger partial charge in [0.2, 0.25) is 15.9 Å². The molecular formula is C14H22N2O3S. The first-order valence-corrected chi connectivity index (χ1v) is 8.51. The second-order valence-corrected chi connectivity index (χ2v) is 6.44. The Morgan fingerprint density at radius 1 is 1.15 bits per heavy atom. The van der Waals surface area contributed by atoms with Gasteiger partial charge >= 0.3 is 0 Å². The maximum absolute atomic E-state index is 12.4. The lowest BCUT2D eigenvalue weighted by molar-refractivity contribution is -0.131. The summed E-state index contributed by atoms with van der Waals surface area (Å²) < 4.78 is 25.2. The summed E-state index contributed by atoms with van der Waals surface area (Å²) in [6.07, 6.45) is 1.12. The van der Waals surface area contributed by atoms with E-state index in [1.165, 1.54) is 4.31 Å². The highest BCUT2D eigenvalue weighted by molar-refractivity contribution is 7.92. The van der Waals surface area contributed by atoms with Crippen molar-refractivity contribution in [3.63, 3.8) is 0 Å². The van der Waals surface area contributed by atoms with E-state index in [0.717, 1.165) is 6.26 Å². The summed E-state index contributed by atoms with van der Waals surface area (Å²) in [7, 11) is -3.53. The zero-order valence-corrected chi connectivity index (χ0v) is 13.2. The number of hydrogen-bond donors (Lipinski definition) is 0. The van der Waals surface area contributed by atoms with Crippen molar-refractivity contribution < 1.29 is 13.2 Å². The van der Waals surface area contributed by atoms with Crippen LogP contribution in [0.2, 0.25) is 0 Å². The number of carbonyl (C=O) groups excluding carboxylic acids is 1. The smallest absolute Gasteiger partial charge is 0.246 e. The van der Waals surface area contributed by atoms with Gasteiger partial charge in [-0.15, -0.1) is 0 Å². The lowest BCUT2D eigenvalue weighted by Gasteiger charge is -2.31. The van der Waals surface area contributed by atoms with Crippen LogP contribution in [-0.4, -0.2) is 44.6 Å². The fourth-order valence-corrected chi connectivity index (χ4v) is 3.35. The van der Waals surface area contributed by atoms with Crippen LogP contribution in [-0.2, 0) is 14.8 Å². The zero-order chi connectivity index (χ0) is 15.3. The number of hydrogen-bond acceptors (Lipinski definition) is 3. The van der Waals surface area contributed by atoms with E-state index in [1.54, 1.807) is 42.2 Å². The van der Waals surface area contributed by atoms with E-state index in [0.29, 0.717) is 18.8 Å². The largest absolute Gasteiger partial charge is 0.341 e. The minimum atomic E-state index is -3.53. The molecule has 0 N–H and O–H groups in total. The summed E-state index contributed by atoms with van der Waals surface area (Å²) in [6.45, 7) is 6.50. The van der Waals surface area contributed by atoms with Crippen LogP contribution < -0.4 is 4.31 Å². The first-order chi connectivity index (χ1) is 9.32. The van der Waals surface area contributed by atoms with Crippen LogP contribution in [0.5, 0.6) is 0 Å². The molecule has 0 radical (unpaired) electrons. The Morgan fingerprint density at radius 2 is 1.65 bits per heavy atom. The highest BCUT2D eigenvalue weighted by Gasteiger charge is 2.30. The molecule has 0 aliphatic rings. The number of benzene rings is 1. The van der Waals surface area contributed by atoms with E-state index in [9.17, 15) is 13.2 Å². The molecule has 112 valence electrons. The summed E-state index contributed by atoms with van der Waals surface area (Å²) in [5.41, 5.74) is 0.503. The Labute approximate surface area is 121 Å². The molecule has 1 aromatic rings. The molecule has 1 unspecified atom stereocenters. The van der Waals surface area contributed by atoms with Crippen molar-refractivity contribution >= 4 is 21.6 Å². The van der Waals surface area contributed by atoms with Crippen molar-refractivity contribution in [2.24, 2.45) is 0 Å². The number of sulfonamides is 1. The molecule has 0 saturated carbocycles. The lowest BCUT2D eigenvalue weighted by atomic mass is 10.2. The average Bonchev–Trinajstić information content (AvgIpc) is 2.39. The SMILES string of the molecule is CCN(CC)C(=O)C(C)N(c1ccccc1)S(C)(=O)=O. The van der Waals surface area contributed by atoms with E-state index in [1.807, 2.05) is 13.8 Å². The minimum absolute atomic E-state index is 0.190. The third-order valence-electron chi connectivity index (χ3n) is 3.15. The van der Waals surface area contributed by atoms with E-state index >= 15 is 0 Å². The molecule has 0 aromatic heterocycles. The molecule has 0 aliphatic carbocycles. The van der Waals surface area contributed by atoms with Crippen molar-refractivity contribution in [1.29, 1.82) is 0 Å². The number of rotatable bonds is 6. The van der Waals surface area contributed by atoms with Gasteiger partial charge in [-0.3, -0.25) is 9.10 Å².